The Morgan fingerprint density at radius 3 is 1.81 bits per heavy atom. The minimum Gasteiger partial charge on any atom is -0.462 e. The maximum atomic E-state index is 12.7. The molecular weight excluding hydrogens is 705 g/mol. The van der Waals surface area contributed by atoms with Crippen molar-refractivity contribution < 1.29 is 46.8 Å². The van der Waals surface area contributed by atoms with Gasteiger partial charge in [0.1, 0.15) is 19.8 Å². The van der Waals surface area contributed by atoms with Crippen molar-refractivity contribution in [3.8, 4) is 0 Å². The number of hydrogen-bond donors (Lipinski definition) is 1. The number of hydrogen-bond acceptors (Lipinski definition) is 8. The number of phosphoric ester groups is 1. The van der Waals surface area contributed by atoms with Gasteiger partial charge in [-0.15, -0.1) is 0 Å². The number of rotatable bonds is 37. The van der Waals surface area contributed by atoms with Gasteiger partial charge in [-0.1, -0.05) is 134 Å². The van der Waals surface area contributed by atoms with Gasteiger partial charge in [0, 0.05) is 12.8 Å². The van der Waals surface area contributed by atoms with E-state index in [9.17, 15) is 19.0 Å². The van der Waals surface area contributed by atoms with Crippen molar-refractivity contribution in [2.45, 2.75) is 180 Å². The van der Waals surface area contributed by atoms with Crippen LogP contribution >= 0.6 is 7.82 Å². The zero-order valence-corrected chi connectivity index (χ0v) is 35.8. The summed E-state index contributed by atoms with van der Waals surface area (Å²) in [6, 6.07) is 0. The Bertz CT molecular complexity index is 1090. The molecule has 0 bridgehead atoms. The zero-order valence-electron chi connectivity index (χ0n) is 34.9. The number of likely N-dealkylation sites (N-methyl/N-ethyl adjacent to an activating group) is 1. The molecule has 1 aliphatic rings. The van der Waals surface area contributed by atoms with E-state index >= 15 is 0 Å². The van der Waals surface area contributed by atoms with Crippen LogP contribution in [0.25, 0.3) is 0 Å². The van der Waals surface area contributed by atoms with Crippen LogP contribution in [0.4, 0.5) is 0 Å². The molecular formula is C43H79NO9P+. The SMILES string of the molecule is CCCCC/C=C\C/C=C\CC1OC1C/C=C\CCCC(=O)OC[C@H](COP(=O)(O)OCC[N+](C)(C)C)OC(=O)CCCCCCCCCCCCCC. The summed E-state index contributed by atoms with van der Waals surface area (Å²) in [5.74, 6) is -0.872. The topological polar surface area (TPSA) is 121 Å². The molecule has 10 nitrogen and oxygen atoms in total. The van der Waals surface area contributed by atoms with Crippen molar-refractivity contribution in [1.29, 1.82) is 0 Å². The van der Waals surface area contributed by atoms with Gasteiger partial charge in [0.15, 0.2) is 6.10 Å². The van der Waals surface area contributed by atoms with Crippen molar-refractivity contribution in [3.63, 3.8) is 0 Å². The summed E-state index contributed by atoms with van der Waals surface area (Å²) in [4.78, 5) is 35.3. The second kappa shape index (κ2) is 32.3. The molecule has 0 amide bonds. The number of carbonyl (C=O) groups excluding carboxylic acids is 2. The quantitative estimate of drug-likeness (QED) is 0.0164. The summed E-state index contributed by atoms with van der Waals surface area (Å²) in [6.45, 7) is 4.30. The van der Waals surface area contributed by atoms with Gasteiger partial charge in [-0.2, -0.15) is 0 Å². The molecule has 1 aliphatic heterocycles. The third-order valence-corrected chi connectivity index (χ3v) is 10.3. The van der Waals surface area contributed by atoms with E-state index in [1.807, 2.05) is 21.1 Å². The van der Waals surface area contributed by atoms with Gasteiger partial charge < -0.3 is 23.6 Å². The van der Waals surface area contributed by atoms with E-state index in [1.54, 1.807) is 0 Å². The van der Waals surface area contributed by atoms with E-state index in [-0.39, 0.29) is 32.2 Å². The van der Waals surface area contributed by atoms with Crippen LogP contribution in [0.15, 0.2) is 36.5 Å². The van der Waals surface area contributed by atoms with E-state index < -0.39 is 32.5 Å². The van der Waals surface area contributed by atoms with E-state index in [1.165, 1.54) is 77.0 Å². The van der Waals surface area contributed by atoms with Crippen LogP contribution in [0, 0.1) is 0 Å². The first-order chi connectivity index (χ1) is 26.0. The van der Waals surface area contributed by atoms with Crippen LogP contribution in [-0.2, 0) is 37.4 Å². The first kappa shape index (κ1) is 50.2. The van der Waals surface area contributed by atoms with Crippen molar-refractivity contribution in [2.75, 3.05) is 47.5 Å². The minimum atomic E-state index is -4.39. The summed E-state index contributed by atoms with van der Waals surface area (Å²) in [5, 5.41) is 0. The van der Waals surface area contributed by atoms with Crippen LogP contribution in [0.2, 0.25) is 0 Å². The highest BCUT2D eigenvalue weighted by Crippen LogP contribution is 2.43. The number of unbranched alkanes of at least 4 members (excludes halogenated alkanes) is 15. The van der Waals surface area contributed by atoms with Crippen LogP contribution in [-0.4, -0.2) is 87.1 Å². The number of quaternary nitrogens is 1. The monoisotopic (exact) mass is 785 g/mol. The Morgan fingerprint density at radius 2 is 1.19 bits per heavy atom. The van der Waals surface area contributed by atoms with Gasteiger partial charge in [-0.3, -0.25) is 18.6 Å². The number of carbonyl (C=O) groups is 2. The van der Waals surface area contributed by atoms with Crippen LogP contribution < -0.4 is 0 Å². The van der Waals surface area contributed by atoms with Crippen molar-refractivity contribution >= 4 is 19.8 Å². The lowest BCUT2D eigenvalue weighted by Gasteiger charge is -2.24. The fourth-order valence-electron chi connectivity index (χ4n) is 5.81. The second-order valence-corrected chi connectivity index (χ2v) is 17.2. The van der Waals surface area contributed by atoms with Gasteiger partial charge in [-0.25, -0.2) is 4.57 Å². The van der Waals surface area contributed by atoms with Gasteiger partial charge in [0.05, 0.1) is 40.0 Å². The standard InChI is InChI=1S/C43H78NO9P/c1-6-8-10-12-14-16-17-18-20-22-24-30-34-43(46)52-39(38-51-54(47,48)50-36-35-44(3,4)5)37-49-42(45)33-29-26-25-28-32-41-40(53-41)31-27-23-21-19-15-13-11-9-7-2/h15,19,23,25,27-28,39-41H,6-14,16-18,20-22,24,26,29-38H2,1-5H3/p+1/b19-15-,27-23-,28-25-/t39-,40?,41?/m1/s1. The van der Waals surface area contributed by atoms with Gasteiger partial charge in [0.2, 0.25) is 0 Å². The smallest absolute Gasteiger partial charge is 0.462 e. The maximum Gasteiger partial charge on any atom is 0.472 e. The van der Waals surface area contributed by atoms with E-state index in [2.05, 4.69) is 50.3 Å². The number of ether oxygens (including phenoxy) is 3. The molecule has 314 valence electrons. The predicted octanol–water partition coefficient (Wildman–Crippen LogP) is 10.7. The fourth-order valence-corrected chi connectivity index (χ4v) is 6.55. The van der Waals surface area contributed by atoms with Crippen molar-refractivity contribution in [3.05, 3.63) is 36.5 Å². The summed E-state index contributed by atoms with van der Waals surface area (Å²) >= 11 is 0. The number of esters is 2. The molecule has 4 atom stereocenters. The lowest BCUT2D eigenvalue weighted by Crippen LogP contribution is -2.37. The van der Waals surface area contributed by atoms with Crippen LogP contribution in [0.5, 0.6) is 0 Å². The zero-order chi connectivity index (χ0) is 39.8. The third-order valence-electron chi connectivity index (χ3n) is 9.33. The molecule has 3 unspecified atom stereocenters. The number of nitrogens with zero attached hydrogens (tertiary/aromatic N) is 1. The molecule has 1 saturated heterocycles. The molecule has 1 heterocycles. The lowest BCUT2D eigenvalue weighted by molar-refractivity contribution is -0.870. The first-order valence-electron chi connectivity index (χ1n) is 21.3. The number of epoxide rings is 1. The molecule has 1 fully saturated rings. The Hall–Kier alpha value is -1.81. The Balaban J connectivity index is 2.34. The summed E-state index contributed by atoms with van der Waals surface area (Å²) in [7, 11) is 1.44. The van der Waals surface area contributed by atoms with E-state index in [4.69, 9.17) is 23.3 Å². The predicted molar refractivity (Wildman–Crippen MR) is 219 cm³/mol. The van der Waals surface area contributed by atoms with Crippen LogP contribution in [0.3, 0.4) is 0 Å². The van der Waals surface area contributed by atoms with Crippen LogP contribution in [0.1, 0.15) is 162 Å². The normalized spacial score (nSPS) is 17.7. The largest absolute Gasteiger partial charge is 0.472 e. The van der Waals surface area contributed by atoms with Crippen molar-refractivity contribution in [2.24, 2.45) is 0 Å². The lowest BCUT2D eigenvalue weighted by atomic mass is 10.0. The van der Waals surface area contributed by atoms with Gasteiger partial charge in [-0.05, 0) is 51.4 Å². The average Bonchev–Trinajstić information content (AvgIpc) is 3.87. The third kappa shape index (κ3) is 32.4. The Labute approximate surface area is 329 Å². The summed E-state index contributed by atoms with van der Waals surface area (Å²) in [5.41, 5.74) is 0. The highest BCUT2D eigenvalue weighted by Gasteiger charge is 2.36. The van der Waals surface area contributed by atoms with E-state index in [0.29, 0.717) is 30.0 Å². The maximum absolute atomic E-state index is 12.7. The molecule has 0 saturated carbocycles. The molecule has 1 N–H and O–H groups in total. The second-order valence-electron chi connectivity index (χ2n) is 15.8. The van der Waals surface area contributed by atoms with Gasteiger partial charge in [0.25, 0.3) is 0 Å². The van der Waals surface area contributed by atoms with Crippen molar-refractivity contribution in [1.82, 2.24) is 0 Å². The fraction of sp³-hybridized carbons (Fsp3) is 0.814. The Morgan fingerprint density at radius 1 is 0.667 bits per heavy atom. The molecule has 0 radical (unpaired) electrons. The highest BCUT2D eigenvalue weighted by molar-refractivity contribution is 7.47. The highest BCUT2D eigenvalue weighted by atomic mass is 31.2. The molecule has 54 heavy (non-hydrogen) atoms. The molecule has 0 aliphatic carbocycles. The summed E-state index contributed by atoms with van der Waals surface area (Å²) in [6.07, 6.45) is 36.5. The molecule has 1 rings (SSSR count). The molecule has 0 aromatic heterocycles. The molecule has 0 aromatic carbocycles. The molecule has 0 aromatic rings. The number of phosphoric acid groups is 1. The van der Waals surface area contributed by atoms with E-state index in [0.717, 1.165) is 44.9 Å². The summed E-state index contributed by atoms with van der Waals surface area (Å²) < 4.78 is 40.0. The molecule has 0 spiro atoms. The minimum absolute atomic E-state index is 0.0209. The average molecular weight is 785 g/mol. The first-order valence-corrected chi connectivity index (χ1v) is 22.8. The number of allylic oxidation sites excluding steroid dienone is 4. The van der Waals surface area contributed by atoms with Gasteiger partial charge >= 0.3 is 19.8 Å². The molecule has 11 heteroatoms. The Kier molecular flexibility index (Phi) is 30.0.